The third-order valence-corrected chi connectivity index (χ3v) is 6.78. The molecule has 0 bridgehead atoms. The van der Waals surface area contributed by atoms with Crippen LogP contribution in [-0.2, 0) is 6.54 Å². The summed E-state index contributed by atoms with van der Waals surface area (Å²) < 4.78 is 0. The number of hydrogen-bond acceptors (Lipinski definition) is 7. The highest BCUT2D eigenvalue weighted by molar-refractivity contribution is 5.96. The minimum atomic E-state index is -0.197. The number of aromatic nitrogens is 5. The lowest BCUT2D eigenvalue weighted by molar-refractivity contribution is 0.0945. The summed E-state index contributed by atoms with van der Waals surface area (Å²) in [6.45, 7) is 8.36. The van der Waals surface area contributed by atoms with Gasteiger partial charge >= 0.3 is 0 Å². The molecule has 1 amide bonds. The summed E-state index contributed by atoms with van der Waals surface area (Å²) in [5.74, 6) is 0.340. The van der Waals surface area contributed by atoms with Crippen LogP contribution in [0.1, 0.15) is 47.8 Å². The van der Waals surface area contributed by atoms with E-state index in [0.29, 0.717) is 23.8 Å². The number of nitrogens with zero attached hydrogens (tertiary/aromatic N) is 4. The zero-order valence-electron chi connectivity index (χ0n) is 22.5. The number of fused-ring (bicyclic) bond motifs is 1. The molecule has 4 aromatic rings. The standard InChI is InChI=1S/C28H38N8O2/c1-4-29-15-21-16-30-17-23(19(21)2)20-8-9-24-22(14-20)26(35-34-24)27-32-18-25(33-27)28(38)31-10-12-36(3)11-6-5-7-13-37/h8-9,14,16-18,29,37H,4-7,10-13,15H2,1-3H3,(H,31,38)(H,32,33)(H,34,35). The van der Waals surface area contributed by atoms with Gasteiger partial charge in [0, 0.05) is 49.6 Å². The number of H-pyrrole nitrogens is 2. The molecule has 4 rings (SSSR count). The van der Waals surface area contributed by atoms with Gasteiger partial charge in [-0.3, -0.25) is 14.9 Å². The molecule has 0 atom stereocenters. The number of benzene rings is 1. The fourth-order valence-corrected chi connectivity index (χ4v) is 4.45. The smallest absolute Gasteiger partial charge is 0.269 e. The predicted octanol–water partition coefficient (Wildman–Crippen LogP) is 3.26. The van der Waals surface area contributed by atoms with Gasteiger partial charge in [-0.2, -0.15) is 5.10 Å². The molecule has 0 aliphatic carbocycles. The first-order valence-electron chi connectivity index (χ1n) is 13.3. The highest BCUT2D eigenvalue weighted by Gasteiger charge is 2.16. The molecule has 0 aliphatic rings. The fourth-order valence-electron chi connectivity index (χ4n) is 4.45. The summed E-state index contributed by atoms with van der Waals surface area (Å²) in [5.41, 5.74) is 6.44. The minimum absolute atomic E-state index is 0.197. The van der Waals surface area contributed by atoms with Crippen LogP contribution >= 0.6 is 0 Å². The Hall–Kier alpha value is -3.60. The summed E-state index contributed by atoms with van der Waals surface area (Å²) in [4.78, 5) is 26.9. The number of amides is 1. The van der Waals surface area contributed by atoms with Crippen molar-refractivity contribution in [1.82, 2.24) is 40.7 Å². The largest absolute Gasteiger partial charge is 0.396 e. The van der Waals surface area contributed by atoms with Crippen LogP contribution in [0.3, 0.4) is 0 Å². The van der Waals surface area contributed by atoms with E-state index >= 15 is 0 Å². The number of pyridine rings is 1. The second-order valence-electron chi connectivity index (χ2n) is 9.57. The third kappa shape index (κ3) is 6.63. The molecule has 3 heterocycles. The molecular weight excluding hydrogens is 480 g/mol. The van der Waals surface area contributed by atoms with Gasteiger partial charge in [0.05, 0.1) is 11.7 Å². The van der Waals surface area contributed by atoms with Crippen molar-refractivity contribution in [3.63, 3.8) is 0 Å². The zero-order valence-corrected chi connectivity index (χ0v) is 22.5. The molecule has 38 heavy (non-hydrogen) atoms. The van der Waals surface area contributed by atoms with Gasteiger partial charge in [0.15, 0.2) is 5.82 Å². The van der Waals surface area contributed by atoms with Crippen molar-refractivity contribution in [3.8, 4) is 22.6 Å². The Kier molecular flexibility index (Phi) is 9.58. The van der Waals surface area contributed by atoms with Crippen molar-refractivity contribution in [2.75, 3.05) is 39.8 Å². The van der Waals surface area contributed by atoms with E-state index in [0.717, 1.165) is 67.5 Å². The Morgan fingerprint density at radius 3 is 2.82 bits per heavy atom. The fraction of sp³-hybridized carbons (Fsp3) is 0.429. The number of unbranched alkanes of at least 4 members (excludes halogenated alkanes) is 2. The van der Waals surface area contributed by atoms with E-state index in [-0.39, 0.29) is 12.5 Å². The van der Waals surface area contributed by atoms with Gasteiger partial charge in [-0.15, -0.1) is 0 Å². The number of aliphatic hydroxyl groups excluding tert-OH is 1. The molecule has 0 spiro atoms. The summed E-state index contributed by atoms with van der Waals surface area (Å²) in [7, 11) is 2.03. The number of carbonyl (C=O) groups is 1. The molecule has 0 aliphatic heterocycles. The van der Waals surface area contributed by atoms with Crippen molar-refractivity contribution in [2.45, 2.75) is 39.7 Å². The molecule has 0 saturated heterocycles. The lowest BCUT2D eigenvalue weighted by Gasteiger charge is -2.16. The number of carbonyl (C=O) groups excluding carboxylic acids is 1. The van der Waals surface area contributed by atoms with Crippen LogP contribution in [0.2, 0.25) is 0 Å². The van der Waals surface area contributed by atoms with E-state index in [1.807, 2.05) is 25.5 Å². The Morgan fingerprint density at radius 1 is 1.13 bits per heavy atom. The molecule has 3 aromatic heterocycles. The third-order valence-electron chi connectivity index (χ3n) is 6.78. The zero-order chi connectivity index (χ0) is 26.9. The summed E-state index contributed by atoms with van der Waals surface area (Å²) in [6, 6.07) is 6.16. The second-order valence-corrected chi connectivity index (χ2v) is 9.57. The van der Waals surface area contributed by atoms with Crippen LogP contribution in [0.5, 0.6) is 0 Å². The van der Waals surface area contributed by atoms with Crippen molar-refractivity contribution in [2.24, 2.45) is 0 Å². The summed E-state index contributed by atoms with van der Waals surface area (Å²) >= 11 is 0. The Labute approximate surface area is 223 Å². The topological polar surface area (TPSA) is 135 Å². The Morgan fingerprint density at radius 2 is 2.00 bits per heavy atom. The average molecular weight is 519 g/mol. The van der Waals surface area contributed by atoms with E-state index in [1.54, 1.807) is 6.20 Å². The molecule has 10 heteroatoms. The highest BCUT2D eigenvalue weighted by Crippen LogP contribution is 2.31. The molecule has 0 fully saturated rings. The lowest BCUT2D eigenvalue weighted by Crippen LogP contribution is -2.33. The van der Waals surface area contributed by atoms with E-state index in [4.69, 9.17) is 5.11 Å². The van der Waals surface area contributed by atoms with Crippen LogP contribution < -0.4 is 10.6 Å². The van der Waals surface area contributed by atoms with Crippen molar-refractivity contribution in [1.29, 1.82) is 0 Å². The number of imidazole rings is 1. The van der Waals surface area contributed by atoms with Crippen molar-refractivity contribution < 1.29 is 9.90 Å². The Balaban J connectivity index is 1.45. The van der Waals surface area contributed by atoms with Crippen LogP contribution in [0.15, 0.2) is 36.8 Å². The van der Waals surface area contributed by atoms with Gasteiger partial charge in [0.1, 0.15) is 11.4 Å². The first-order valence-corrected chi connectivity index (χ1v) is 13.3. The van der Waals surface area contributed by atoms with Crippen LogP contribution in [0.25, 0.3) is 33.5 Å². The van der Waals surface area contributed by atoms with Gasteiger partial charge in [0.25, 0.3) is 5.91 Å². The lowest BCUT2D eigenvalue weighted by atomic mass is 9.98. The van der Waals surface area contributed by atoms with Crippen LogP contribution in [-0.4, -0.2) is 80.9 Å². The first-order chi connectivity index (χ1) is 18.5. The SMILES string of the molecule is CCNCc1cncc(-c2ccc3[nH]nc(-c4ncc(C(=O)NCCN(C)CCCCCO)[nH]4)c3c2)c1C. The van der Waals surface area contributed by atoms with Crippen LogP contribution in [0.4, 0.5) is 0 Å². The van der Waals surface area contributed by atoms with Gasteiger partial charge in [0.2, 0.25) is 0 Å². The highest BCUT2D eigenvalue weighted by atomic mass is 16.2. The summed E-state index contributed by atoms with van der Waals surface area (Å²) in [5, 5.41) is 23.7. The quantitative estimate of drug-likeness (QED) is 0.162. The number of aliphatic hydroxyl groups is 1. The van der Waals surface area contributed by atoms with Gasteiger partial charge in [-0.1, -0.05) is 13.0 Å². The molecule has 5 N–H and O–H groups in total. The molecule has 202 valence electrons. The molecular formula is C28H38N8O2. The maximum Gasteiger partial charge on any atom is 0.269 e. The van der Waals surface area contributed by atoms with Crippen molar-refractivity contribution in [3.05, 3.63) is 53.6 Å². The van der Waals surface area contributed by atoms with Gasteiger partial charge < -0.3 is 25.6 Å². The van der Waals surface area contributed by atoms with E-state index in [2.05, 4.69) is 66.7 Å². The summed E-state index contributed by atoms with van der Waals surface area (Å²) in [6.07, 6.45) is 8.23. The molecule has 1 aromatic carbocycles. The molecule has 0 radical (unpaired) electrons. The minimum Gasteiger partial charge on any atom is -0.396 e. The predicted molar refractivity (Wildman–Crippen MR) is 150 cm³/mol. The number of nitrogens with one attached hydrogen (secondary N) is 4. The van der Waals surface area contributed by atoms with E-state index in [1.165, 1.54) is 11.1 Å². The van der Waals surface area contributed by atoms with E-state index in [9.17, 15) is 4.79 Å². The maximum atomic E-state index is 12.7. The number of likely N-dealkylation sites (N-methyl/N-ethyl adjacent to an activating group) is 1. The number of rotatable bonds is 14. The van der Waals surface area contributed by atoms with Gasteiger partial charge in [-0.05, 0) is 75.1 Å². The first kappa shape index (κ1) is 27.4. The average Bonchev–Trinajstić information content (AvgIpc) is 3.57. The van der Waals surface area contributed by atoms with Crippen molar-refractivity contribution >= 4 is 16.8 Å². The molecule has 10 nitrogen and oxygen atoms in total. The van der Waals surface area contributed by atoms with E-state index < -0.39 is 0 Å². The number of hydrogen-bond donors (Lipinski definition) is 5. The number of aromatic amines is 2. The molecule has 0 saturated carbocycles. The molecule has 0 unspecified atom stereocenters. The van der Waals surface area contributed by atoms with Gasteiger partial charge in [-0.25, -0.2) is 4.98 Å². The monoisotopic (exact) mass is 518 g/mol. The second kappa shape index (κ2) is 13.3. The van der Waals surface area contributed by atoms with Crippen LogP contribution in [0, 0.1) is 6.92 Å². The normalized spacial score (nSPS) is 11.5. The Bertz CT molecular complexity index is 1350. The maximum absolute atomic E-state index is 12.7.